The van der Waals surface area contributed by atoms with Gasteiger partial charge in [0.2, 0.25) is 11.8 Å². The number of nitrogens with one attached hydrogen (secondary N) is 1. The summed E-state index contributed by atoms with van der Waals surface area (Å²) in [4.78, 5) is 28.0. The van der Waals surface area contributed by atoms with Gasteiger partial charge >= 0.3 is 0 Å². The average Bonchev–Trinajstić information content (AvgIpc) is 2.73. The van der Waals surface area contributed by atoms with Gasteiger partial charge in [-0.2, -0.15) is 0 Å². The smallest absolute Gasteiger partial charge is 0.242 e. The Kier molecular flexibility index (Phi) is 8.90. The van der Waals surface area contributed by atoms with E-state index in [4.69, 9.17) is 4.74 Å². The summed E-state index contributed by atoms with van der Waals surface area (Å²) < 4.78 is 5.32. The number of ether oxygens (including phenoxy) is 1. The highest BCUT2D eigenvalue weighted by atomic mass is 16.5. The highest BCUT2D eigenvalue weighted by Crippen LogP contribution is 2.19. The third-order valence-electron chi connectivity index (χ3n) is 5.16. The number of aryl methyl sites for hydroxylation is 1. The molecular weight excluding hydrogens is 376 g/mol. The van der Waals surface area contributed by atoms with Crippen LogP contribution in [0.2, 0.25) is 0 Å². The van der Waals surface area contributed by atoms with E-state index in [1.54, 1.807) is 12.0 Å². The lowest BCUT2D eigenvalue weighted by Crippen LogP contribution is -2.50. The second kappa shape index (κ2) is 11.4. The van der Waals surface area contributed by atoms with Crippen molar-refractivity contribution in [1.82, 2.24) is 10.2 Å². The molecule has 5 heteroatoms. The second-order valence-corrected chi connectivity index (χ2v) is 8.04. The number of methoxy groups -OCH3 is 1. The van der Waals surface area contributed by atoms with Crippen molar-refractivity contribution in [1.29, 1.82) is 0 Å². The molecular formula is C25H34N2O3. The van der Waals surface area contributed by atoms with E-state index in [9.17, 15) is 9.59 Å². The predicted octanol–water partition coefficient (Wildman–Crippen LogP) is 4.13. The summed E-state index contributed by atoms with van der Waals surface area (Å²) in [5.74, 6) is 0.919. The van der Waals surface area contributed by atoms with E-state index < -0.39 is 6.04 Å². The van der Waals surface area contributed by atoms with Crippen LogP contribution in [0.25, 0.3) is 0 Å². The van der Waals surface area contributed by atoms with Crippen LogP contribution in [0, 0.1) is 12.8 Å². The van der Waals surface area contributed by atoms with Gasteiger partial charge in [-0.05, 0) is 48.1 Å². The lowest BCUT2D eigenvalue weighted by atomic mass is 10.0. The minimum Gasteiger partial charge on any atom is -0.497 e. The summed E-state index contributed by atoms with van der Waals surface area (Å²) >= 11 is 0. The van der Waals surface area contributed by atoms with E-state index in [0.29, 0.717) is 25.4 Å². The number of benzene rings is 2. The first kappa shape index (κ1) is 23.5. The third-order valence-corrected chi connectivity index (χ3v) is 5.16. The predicted molar refractivity (Wildman–Crippen MR) is 120 cm³/mol. The highest BCUT2D eigenvalue weighted by Gasteiger charge is 2.29. The summed E-state index contributed by atoms with van der Waals surface area (Å²) in [6, 6.07) is 15.0. The van der Waals surface area contributed by atoms with Crippen LogP contribution < -0.4 is 10.1 Å². The molecule has 0 saturated carbocycles. The standard InChI is InChI=1S/C25H34N2O3/c1-6-23(25(29)26-16-18(2)3)27(17-20-11-9-13-22(14-20)30-5)24(28)15-21-12-8-7-10-19(21)4/h7-14,18,23H,6,15-17H2,1-5H3,(H,26,29)/t23-/m1/s1. The van der Waals surface area contributed by atoms with Crippen LogP contribution in [0.1, 0.15) is 43.9 Å². The van der Waals surface area contributed by atoms with Crippen molar-refractivity contribution in [2.45, 2.75) is 53.1 Å². The summed E-state index contributed by atoms with van der Waals surface area (Å²) in [7, 11) is 1.62. The molecule has 162 valence electrons. The number of hydrogen-bond acceptors (Lipinski definition) is 3. The van der Waals surface area contributed by atoms with E-state index >= 15 is 0 Å². The molecule has 0 aliphatic heterocycles. The fraction of sp³-hybridized carbons (Fsp3) is 0.440. The number of hydrogen-bond donors (Lipinski definition) is 1. The lowest BCUT2D eigenvalue weighted by molar-refractivity contribution is -0.141. The average molecular weight is 411 g/mol. The molecule has 0 fully saturated rings. The SMILES string of the molecule is CC[C@H](C(=O)NCC(C)C)N(Cc1cccc(OC)c1)C(=O)Cc1ccccc1C. The summed E-state index contributed by atoms with van der Waals surface area (Å²) in [6.07, 6.45) is 0.817. The molecule has 0 aliphatic carbocycles. The van der Waals surface area contributed by atoms with Crippen molar-refractivity contribution in [3.8, 4) is 5.75 Å². The summed E-state index contributed by atoms with van der Waals surface area (Å²) in [5, 5.41) is 2.99. The number of rotatable bonds is 10. The molecule has 0 saturated heterocycles. The van der Waals surface area contributed by atoms with E-state index in [1.165, 1.54) is 0 Å². The van der Waals surface area contributed by atoms with Gasteiger partial charge in [0, 0.05) is 13.1 Å². The Labute approximate surface area is 180 Å². The summed E-state index contributed by atoms with van der Waals surface area (Å²) in [6.45, 7) is 9.00. The Morgan fingerprint density at radius 1 is 1.10 bits per heavy atom. The maximum atomic E-state index is 13.4. The minimum atomic E-state index is -0.522. The summed E-state index contributed by atoms with van der Waals surface area (Å²) in [5.41, 5.74) is 2.99. The van der Waals surface area contributed by atoms with Crippen molar-refractivity contribution in [2.24, 2.45) is 5.92 Å². The monoisotopic (exact) mass is 410 g/mol. The van der Waals surface area contributed by atoms with Crippen molar-refractivity contribution in [2.75, 3.05) is 13.7 Å². The van der Waals surface area contributed by atoms with Gasteiger partial charge in [0.15, 0.2) is 0 Å². The van der Waals surface area contributed by atoms with Gasteiger partial charge in [0.1, 0.15) is 11.8 Å². The van der Waals surface area contributed by atoms with Crippen molar-refractivity contribution in [3.63, 3.8) is 0 Å². The lowest BCUT2D eigenvalue weighted by Gasteiger charge is -2.31. The van der Waals surface area contributed by atoms with Gasteiger partial charge in [-0.3, -0.25) is 9.59 Å². The molecule has 5 nitrogen and oxygen atoms in total. The van der Waals surface area contributed by atoms with Crippen molar-refractivity contribution in [3.05, 3.63) is 65.2 Å². The van der Waals surface area contributed by atoms with Crippen LogP contribution in [0.15, 0.2) is 48.5 Å². The maximum absolute atomic E-state index is 13.4. The maximum Gasteiger partial charge on any atom is 0.242 e. The number of nitrogens with zero attached hydrogens (tertiary/aromatic N) is 1. The number of carbonyl (C=O) groups is 2. The van der Waals surface area contributed by atoms with Gasteiger partial charge < -0.3 is 15.0 Å². The number of amides is 2. The van der Waals surface area contributed by atoms with Crippen LogP contribution in [0.4, 0.5) is 0 Å². The molecule has 30 heavy (non-hydrogen) atoms. The van der Waals surface area contributed by atoms with Gasteiger partial charge in [-0.25, -0.2) is 0 Å². The highest BCUT2D eigenvalue weighted by molar-refractivity contribution is 5.88. The molecule has 0 unspecified atom stereocenters. The number of carbonyl (C=O) groups excluding carboxylic acids is 2. The minimum absolute atomic E-state index is 0.0568. The van der Waals surface area contributed by atoms with Gasteiger partial charge in [-0.15, -0.1) is 0 Å². The van der Waals surface area contributed by atoms with E-state index in [-0.39, 0.29) is 18.2 Å². The molecule has 0 aliphatic rings. The van der Waals surface area contributed by atoms with Crippen LogP contribution in [-0.4, -0.2) is 36.4 Å². The molecule has 0 bridgehead atoms. The Hall–Kier alpha value is -2.82. The quantitative estimate of drug-likeness (QED) is 0.641. The first-order valence-electron chi connectivity index (χ1n) is 10.6. The molecule has 0 heterocycles. The largest absolute Gasteiger partial charge is 0.497 e. The van der Waals surface area contributed by atoms with E-state index in [2.05, 4.69) is 19.2 Å². The molecule has 0 spiro atoms. The molecule has 0 aromatic heterocycles. The fourth-order valence-electron chi connectivity index (χ4n) is 3.38. The third kappa shape index (κ3) is 6.61. The Balaban J connectivity index is 2.30. The van der Waals surface area contributed by atoms with Crippen LogP contribution in [0.3, 0.4) is 0 Å². The van der Waals surface area contributed by atoms with Gasteiger partial charge in [0.25, 0.3) is 0 Å². The Morgan fingerprint density at radius 2 is 1.83 bits per heavy atom. The van der Waals surface area contributed by atoms with Gasteiger partial charge in [0.05, 0.1) is 13.5 Å². The van der Waals surface area contributed by atoms with E-state index in [0.717, 1.165) is 22.4 Å². The van der Waals surface area contributed by atoms with Crippen molar-refractivity contribution >= 4 is 11.8 Å². The molecule has 0 radical (unpaired) electrons. The second-order valence-electron chi connectivity index (χ2n) is 8.04. The van der Waals surface area contributed by atoms with Crippen LogP contribution >= 0.6 is 0 Å². The normalized spacial score (nSPS) is 11.8. The van der Waals surface area contributed by atoms with Gasteiger partial charge in [-0.1, -0.05) is 57.2 Å². The Bertz CT molecular complexity index is 848. The topological polar surface area (TPSA) is 58.6 Å². The zero-order valence-corrected chi connectivity index (χ0v) is 18.8. The first-order chi connectivity index (χ1) is 14.3. The van der Waals surface area contributed by atoms with Crippen LogP contribution in [-0.2, 0) is 22.6 Å². The molecule has 2 rings (SSSR count). The molecule has 1 N–H and O–H groups in total. The molecule has 2 amide bonds. The molecule has 1 atom stereocenters. The first-order valence-corrected chi connectivity index (χ1v) is 10.6. The fourth-order valence-corrected chi connectivity index (χ4v) is 3.38. The molecule has 2 aromatic rings. The zero-order chi connectivity index (χ0) is 22.1. The van der Waals surface area contributed by atoms with E-state index in [1.807, 2.05) is 62.4 Å². The molecule has 2 aromatic carbocycles. The van der Waals surface area contributed by atoms with Crippen LogP contribution in [0.5, 0.6) is 5.75 Å². The zero-order valence-electron chi connectivity index (χ0n) is 18.8. The van der Waals surface area contributed by atoms with Crippen molar-refractivity contribution < 1.29 is 14.3 Å². The Morgan fingerprint density at radius 3 is 2.47 bits per heavy atom.